The molecule has 2 heterocycles. The standard InChI is InChI=1S/C27H25N3O5/c1-16-5-8-18(9-6-16)25(32)21-14-30(27-20(26(21)33)11-7-17(2)28-27)15-24(31)29-19-10-12-22(34-3)23(13-19)35-4/h5-14H,15H2,1-4H3,(H,29,31). The normalized spacial score (nSPS) is 10.7. The highest BCUT2D eigenvalue weighted by Gasteiger charge is 2.19. The molecular formula is C27H25N3O5. The quantitative estimate of drug-likeness (QED) is 0.411. The van der Waals surface area contributed by atoms with E-state index in [0.29, 0.717) is 34.1 Å². The van der Waals surface area contributed by atoms with Gasteiger partial charge in [-0.1, -0.05) is 29.8 Å². The van der Waals surface area contributed by atoms with Crippen LogP contribution in [-0.2, 0) is 11.3 Å². The highest BCUT2D eigenvalue weighted by Crippen LogP contribution is 2.29. The van der Waals surface area contributed by atoms with Crippen molar-refractivity contribution in [3.05, 3.63) is 93.4 Å². The van der Waals surface area contributed by atoms with E-state index in [2.05, 4.69) is 10.3 Å². The molecule has 0 saturated carbocycles. The molecule has 0 aliphatic rings. The minimum atomic E-state index is -0.422. The molecule has 0 aliphatic heterocycles. The van der Waals surface area contributed by atoms with Crippen LogP contribution in [-0.4, -0.2) is 35.5 Å². The van der Waals surface area contributed by atoms with Gasteiger partial charge in [-0.3, -0.25) is 14.4 Å². The van der Waals surface area contributed by atoms with E-state index in [1.165, 1.54) is 25.0 Å². The molecule has 0 aliphatic carbocycles. The number of hydrogen-bond donors (Lipinski definition) is 1. The first kappa shape index (κ1) is 23.7. The van der Waals surface area contributed by atoms with Crippen molar-refractivity contribution in [1.82, 2.24) is 9.55 Å². The second-order valence-electron chi connectivity index (χ2n) is 8.14. The van der Waals surface area contributed by atoms with Crippen molar-refractivity contribution in [3.63, 3.8) is 0 Å². The van der Waals surface area contributed by atoms with Crippen molar-refractivity contribution >= 4 is 28.4 Å². The lowest BCUT2D eigenvalue weighted by atomic mass is 10.0. The molecule has 4 rings (SSSR count). The van der Waals surface area contributed by atoms with Gasteiger partial charge in [0.05, 0.1) is 25.2 Å². The maximum atomic E-state index is 13.2. The van der Waals surface area contributed by atoms with Crippen LogP contribution in [0, 0.1) is 13.8 Å². The van der Waals surface area contributed by atoms with Crippen LogP contribution in [0.25, 0.3) is 11.0 Å². The lowest BCUT2D eigenvalue weighted by Crippen LogP contribution is -2.25. The molecule has 0 unspecified atom stereocenters. The Balaban J connectivity index is 1.72. The summed E-state index contributed by atoms with van der Waals surface area (Å²) in [6.07, 6.45) is 1.41. The van der Waals surface area contributed by atoms with E-state index in [1.807, 2.05) is 19.1 Å². The lowest BCUT2D eigenvalue weighted by Gasteiger charge is -2.14. The number of rotatable bonds is 7. The second kappa shape index (κ2) is 9.80. The fourth-order valence-electron chi connectivity index (χ4n) is 3.77. The zero-order chi connectivity index (χ0) is 25.1. The Hall–Kier alpha value is -4.46. The van der Waals surface area contributed by atoms with E-state index >= 15 is 0 Å². The van der Waals surface area contributed by atoms with Crippen LogP contribution in [0.3, 0.4) is 0 Å². The van der Waals surface area contributed by atoms with Gasteiger partial charge >= 0.3 is 0 Å². The Bertz CT molecular complexity index is 1490. The van der Waals surface area contributed by atoms with Gasteiger partial charge in [-0.15, -0.1) is 0 Å². The monoisotopic (exact) mass is 471 g/mol. The number of nitrogens with one attached hydrogen (secondary N) is 1. The number of ketones is 1. The molecule has 1 N–H and O–H groups in total. The number of methoxy groups -OCH3 is 2. The number of hydrogen-bond acceptors (Lipinski definition) is 6. The van der Waals surface area contributed by atoms with Crippen molar-refractivity contribution in [2.24, 2.45) is 0 Å². The molecule has 0 atom stereocenters. The summed E-state index contributed by atoms with van der Waals surface area (Å²) in [5.41, 5.74) is 2.48. The van der Waals surface area contributed by atoms with Crippen molar-refractivity contribution in [3.8, 4) is 11.5 Å². The fourth-order valence-corrected chi connectivity index (χ4v) is 3.77. The maximum absolute atomic E-state index is 13.2. The summed E-state index contributed by atoms with van der Waals surface area (Å²) in [6, 6.07) is 15.4. The molecule has 2 aromatic heterocycles. The first-order valence-electron chi connectivity index (χ1n) is 10.9. The van der Waals surface area contributed by atoms with Crippen LogP contribution in [0.1, 0.15) is 27.2 Å². The minimum Gasteiger partial charge on any atom is -0.493 e. The molecule has 0 saturated heterocycles. The van der Waals surface area contributed by atoms with E-state index in [1.54, 1.807) is 49.4 Å². The Morgan fingerprint density at radius 3 is 2.34 bits per heavy atom. The fraction of sp³-hybridized carbons (Fsp3) is 0.185. The Morgan fingerprint density at radius 2 is 1.66 bits per heavy atom. The molecular weight excluding hydrogens is 446 g/mol. The molecule has 0 spiro atoms. The minimum absolute atomic E-state index is 0.0223. The van der Waals surface area contributed by atoms with Gasteiger partial charge in [0.15, 0.2) is 17.3 Å². The Kier molecular flexibility index (Phi) is 6.64. The van der Waals surface area contributed by atoms with Gasteiger partial charge in [0.2, 0.25) is 11.3 Å². The molecule has 2 aromatic carbocycles. The third kappa shape index (κ3) is 4.91. The number of carbonyl (C=O) groups is 2. The third-order valence-corrected chi connectivity index (χ3v) is 5.60. The molecule has 178 valence electrons. The highest BCUT2D eigenvalue weighted by atomic mass is 16.5. The number of pyridine rings is 2. The van der Waals surface area contributed by atoms with Crippen molar-refractivity contribution in [2.75, 3.05) is 19.5 Å². The van der Waals surface area contributed by atoms with Crippen LogP contribution in [0.2, 0.25) is 0 Å². The number of fused-ring (bicyclic) bond motifs is 1. The Labute approximate surface area is 202 Å². The third-order valence-electron chi connectivity index (χ3n) is 5.60. The van der Waals surface area contributed by atoms with Gasteiger partial charge < -0.3 is 19.4 Å². The molecule has 4 aromatic rings. The first-order valence-corrected chi connectivity index (χ1v) is 10.9. The smallest absolute Gasteiger partial charge is 0.244 e. The first-order chi connectivity index (χ1) is 16.8. The van der Waals surface area contributed by atoms with E-state index < -0.39 is 11.2 Å². The molecule has 8 nitrogen and oxygen atoms in total. The van der Waals surface area contributed by atoms with Gasteiger partial charge in [0, 0.05) is 29.2 Å². The van der Waals surface area contributed by atoms with E-state index in [0.717, 1.165) is 5.56 Å². The van der Waals surface area contributed by atoms with Crippen LogP contribution in [0.5, 0.6) is 11.5 Å². The van der Waals surface area contributed by atoms with E-state index in [9.17, 15) is 14.4 Å². The number of ether oxygens (including phenoxy) is 2. The summed E-state index contributed by atoms with van der Waals surface area (Å²) in [6.45, 7) is 3.56. The second-order valence-corrected chi connectivity index (χ2v) is 8.14. The zero-order valence-corrected chi connectivity index (χ0v) is 19.9. The highest BCUT2D eigenvalue weighted by molar-refractivity contribution is 6.10. The number of anilines is 1. The average Bonchev–Trinajstić information content (AvgIpc) is 2.85. The van der Waals surface area contributed by atoms with Crippen molar-refractivity contribution < 1.29 is 19.1 Å². The van der Waals surface area contributed by atoms with Crippen LogP contribution >= 0.6 is 0 Å². The molecule has 0 radical (unpaired) electrons. The van der Waals surface area contributed by atoms with Crippen molar-refractivity contribution in [2.45, 2.75) is 20.4 Å². The van der Waals surface area contributed by atoms with Crippen LogP contribution < -0.4 is 20.2 Å². The van der Waals surface area contributed by atoms with Gasteiger partial charge in [-0.05, 0) is 38.1 Å². The predicted molar refractivity (Wildman–Crippen MR) is 134 cm³/mol. The lowest BCUT2D eigenvalue weighted by molar-refractivity contribution is -0.116. The predicted octanol–water partition coefficient (Wildman–Crippen LogP) is 3.90. The number of amides is 1. The van der Waals surface area contributed by atoms with E-state index in [-0.39, 0.29) is 23.4 Å². The summed E-state index contributed by atoms with van der Waals surface area (Å²) >= 11 is 0. The summed E-state index contributed by atoms with van der Waals surface area (Å²) in [5, 5.41) is 3.08. The maximum Gasteiger partial charge on any atom is 0.244 e. The average molecular weight is 472 g/mol. The molecule has 8 heteroatoms. The van der Waals surface area contributed by atoms with Crippen LogP contribution in [0.15, 0.2) is 65.6 Å². The molecule has 1 amide bonds. The SMILES string of the molecule is COc1ccc(NC(=O)Cn2cc(C(=O)c3ccc(C)cc3)c(=O)c3ccc(C)nc32)cc1OC. The largest absolute Gasteiger partial charge is 0.493 e. The molecule has 35 heavy (non-hydrogen) atoms. The number of aryl methyl sites for hydroxylation is 2. The topological polar surface area (TPSA) is 99.5 Å². The Morgan fingerprint density at radius 1 is 0.943 bits per heavy atom. The van der Waals surface area contributed by atoms with Gasteiger partial charge in [0.25, 0.3) is 0 Å². The molecule has 0 fully saturated rings. The van der Waals surface area contributed by atoms with Crippen molar-refractivity contribution in [1.29, 1.82) is 0 Å². The number of benzene rings is 2. The number of carbonyl (C=O) groups excluding carboxylic acids is 2. The van der Waals surface area contributed by atoms with Gasteiger partial charge in [0.1, 0.15) is 12.2 Å². The zero-order valence-electron chi connectivity index (χ0n) is 19.9. The summed E-state index contributed by atoms with van der Waals surface area (Å²) < 4.78 is 12.0. The summed E-state index contributed by atoms with van der Waals surface area (Å²) in [4.78, 5) is 43.8. The summed E-state index contributed by atoms with van der Waals surface area (Å²) in [5.74, 6) is 0.240. The van der Waals surface area contributed by atoms with Crippen LogP contribution in [0.4, 0.5) is 5.69 Å². The van der Waals surface area contributed by atoms with Gasteiger partial charge in [-0.2, -0.15) is 0 Å². The number of nitrogens with zero attached hydrogens (tertiary/aromatic N) is 2. The van der Waals surface area contributed by atoms with Gasteiger partial charge in [-0.25, -0.2) is 4.98 Å². The number of aromatic nitrogens is 2. The summed E-state index contributed by atoms with van der Waals surface area (Å²) in [7, 11) is 3.04. The van der Waals surface area contributed by atoms with E-state index in [4.69, 9.17) is 9.47 Å². The molecule has 0 bridgehead atoms.